The third kappa shape index (κ3) is 1.55. The molecule has 4 atom stereocenters. The first-order valence-electron chi connectivity index (χ1n) is 7.58. The highest BCUT2D eigenvalue weighted by Gasteiger charge is 2.49. The Balaban J connectivity index is 1.73. The van der Waals surface area contributed by atoms with Gasteiger partial charge in [-0.2, -0.15) is 0 Å². The first-order valence-corrected chi connectivity index (χ1v) is 7.58. The molecule has 0 fully saturated rings. The standard InChI is InChI=1S/C18H15BO2/c1-3-8-14-12(6-1)19-13-7-2-4-9-15(13)21-17-11-5-10-16(20-14)18(17)19/h1-15H. The summed E-state index contributed by atoms with van der Waals surface area (Å²) in [6, 6.07) is 6.16. The third-order valence-corrected chi connectivity index (χ3v) is 4.96. The molecule has 0 radical (unpaired) electrons. The number of fused-ring (bicyclic) bond motifs is 4. The molecule has 0 amide bonds. The number of allylic oxidation sites excluding steroid dienone is 4. The molecule has 0 N–H and O–H groups in total. The molecule has 0 aromatic heterocycles. The van der Waals surface area contributed by atoms with Crippen LogP contribution in [0, 0.1) is 0 Å². The minimum Gasteiger partial charge on any atom is -0.487 e. The normalized spacial score (nSPS) is 33.6. The summed E-state index contributed by atoms with van der Waals surface area (Å²) < 4.78 is 12.4. The van der Waals surface area contributed by atoms with Crippen LogP contribution < -0.4 is 14.9 Å². The summed E-state index contributed by atoms with van der Waals surface area (Å²) in [5.74, 6) is 2.74. The van der Waals surface area contributed by atoms with E-state index in [1.807, 2.05) is 6.07 Å². The van der Waals surface area contributed by atoms with Gasteiger partial charge in [0.25, 0.3) is 0 Å². The van der Waals surface area contributed by atoms with Gasteiger partial charge < -0.3 is 9.47 Å². The van der Waals surface area contributed by atoms with Gasteiger partial charge in [0.05, 0.1) is 0 Å². The Labute approximate surface area is 124 Å². The van der Waals surface area contributed by atoms with Gasteiger partial charge in [-0.3, -0.25) is 0 Å². The van der Waals surface area contributed by atoms with Crippen LogP contribution in [-0.2, 0) is 0 Å². The number of benzene rings is 1. The monoisotopic (exact) mass is 274 g/mol. The zero-order valence-electron chi connectivity index (χ0n) is 11.6. The van der Waals surface area contributed by atoms with Gasteiger partial charge in [0.15, 0.2) is 0 Å². The molecule has 0 spiro atoms. The Morgan fingerprint density at radius 3 is 1.81 bits per heavy atom. The molecule has 4 aliphatic rings. The average molecular weight is 274 g/mol. The van der Waals surface area contributed by atoms with Gasteiger partial charge in [-0.1, -0.05) is 42.5 Å². The van der Waals surface area contributed by atoms with Crippen molar-refractivity contribution in [2.45, 2.75) is 23.8 Å². The molecule has 1 aromatic carbocycles. The van der Waals surface area contributed by atoms with E-state index < -0.39 is 0 Å². The van der Waals surface area contributed by atoms with E-state index >= 15 is 0 Å². The zero-order chi connectivity index (χ0) is 13.8. The highest BCUT2D eigenvalue weighted by molar-refractivity contribution is 6.79. The highest BCUT2D eigenvalue weighted by Crippen LogP contribution is 2.45. The van der Waals surface area contributed by atoms with Gasteiger partial charge in [0.1, 0.15) is 23.7 Å². The maximum absolute atomic E-state index is 6.20. The number of hydrogen-bond donors (Lipinski definition) is 0. The summed E-state index contributed by atoms with van der Waals surface area (Å²) in [6.45, 7) is 0.427. The lowest BCUT2D eigenvalue weighted by atomic mass is 9.27. The van der Waals surface area contributed by atoms with Crippen LogP contribution in [0.25, 0.3) is 0 Å². The first-order chi connectivity index (χ1) is 10.4. The van der Waals surface area contributed by atoms with Crippen molar-refractivity contribution < 1.29 is 9.47 Å². The van der Waals surface area contributed by atoms with Gasteiger partial charge >= 0.3 is 0 Å². The maximum atomic E-state index is 6.20. The molecular weight excluding hydrogens is 259 g/mol. The average Bonchev–Trinajstić information content (AvgIpc) is 2.54. The van der Waals surface area contributed by atoms with Crippen molar-refractivity contribution in [3.8, 4) is 11.5 Å². The number of hydrogen-bond acceptors (Lipinski definition) is 2. The molecule has 21 heavy (non-hydrogen) atoms. The molecule has 3 heteroatoms. The Morgan fingerprint density at radius 2 is 1.24 bits per heavy atom. The van der Waals surface area contributed by atoms with Crippen molar-refractivity contribution in [2.75, 3.05) is 0 Å². The van der Waals surface area contributed by atoms with Gasteiger partial charge in [-0.05, 0) is 24.3 Å². The van der Waals surface area contributed by atoms with Crippen molar-refractivity contribution in [3.05, 3.63) is 66.8 Å². The molecule has 0 bridgehead atoms. The van der Waals surface area contributed by atoms with Crippen molar-refractivity contribution in [1.82, 2.24) is 0 Å². The molecule has 0 saturated heterocycles. The van der Waals surface area contributed by atoms with Crippen LogP contribution in [0.2, 0.25) is 11.6 Å². The van der Waals surface area contributed by atoms with Crippen molar-refractivity contribution in [3.63, 3.8) is 0 Å². The van der Waals surface area contributed by atoms with E-state index in [1.54, 1.807) is 0 Å². The van der Waals surface area contributed by atoms with Crippen LogP contribution in [0.4, 0.5) is 0 Å². The van der Waals surface area contributed by atoms with E-state index in [9.17, 15) is 0 Å². The van der Waals surface area contributed by atoms with Crippen LogP contribution in [-0.4, -0.2) is 18.9 Å². The predicted molar refractivity (Wildman–Crippen MR) is 84.7 cm³/mol. The van der Waals surface area contributed by atoms with Crippen LogP contribution in [0.5, 0.6) is 11.5 Å². The molecular formula is C18H15BO2. The zero-order valence-corrected chi connectivity index (χ0v) is 11.6. The molecule has 2 aliphatic carbocycles. The quantitative estimate of drug-likeness (QED) is 0.677. The van der Waals surface area contributed by atoms with Crippen LogP contribution in [0.15, 0.2) is 66.8 Å². The van der Waals surface area contributed by atoms with E-state index in [0.717, 1.165) is 11.5 Å². The van der Waals surface area contributed by atoms with Gasteiger partial charge in [0, 0.05) is 17.1 Å². The van der Waals surface area contributed by atoms with Crippen LogP contribution in [0.3, 0.4) is 0 Å². The molecule has 2 heterocycles. The first kappa shape index (κ1) is 11.5. The van der Waals surface area contributed by atoms with Crippen molar-refractivity contribution in [2.24, 2.45) is 0 Å². The molecule has 1 aromatic rings. The fourth-order valence-electron chi connectivity index (χ4n) is 4.08. The van der Waals surface area contributed by atoms with Crippen LogP contribution in [0.1, 0.15) is 0 Å². The Bertz CT molecular complexity index is 660. The molecule has 102 valence electrons. The summed E-state index contributed by atoms with van der Waals surface area (Å²) in [5, 5.41) is 0. The van der Waals surface area contributed by atoms with Crippen molar-refractivity contribution >= 4 is 12.2 Å². The fourth-order valence-corrected chi connectivity index (χ4v) is 4.08. The highest BCUT2D eigenvalue weighted by atomic mass is 16.5. The lowest BCUT2D eigenvalue weighted by molar-refractivity contribution is 0.218. The largest absolute Gasteiger partial charge is 0.487 e. The second-order valence-electron chi connectivity index (χ2n) is 6.05. The number of ether oxygens (including phenoxy) is 2. The SMILES string of the molecule is C1=CC2Oc3cccc4c3B(C2C=C1)C1C=CC=CC1O4. The Morgan fingerprint density at radius 1 is 0.714 bits per heavy atom. The minimum atomic E-state index is 0.140. The molecule has 5 rings (SSSR count). The lowest BCUT2D eigenvalue weighted by Gasteiger charge is -2.45. The van der Waals surface area contributed by atoms with E-state index in [0.29, 0.717) is 18.3 Å². The second kappa shape index (κ2) is 4.17. The second-order valence-corrected chi connectivity index (χ2v) is 6.05. The Hall–Kier alpha value is -2.16. The topological polar surface area (TPSA) is 18.5 Å². The predicted octanol–water partition coefficient (Wildman–Crippen LogP) is 2.90. The van der Waals surface area contributed by atoms with Gasteiger partial charge in [-0.25, -0.2) is 0 Å². The van der Waals surface area contributed by atoms with E-state index in [2.05, 4.69) is 60.7 Å². The number of rotatable bonds is 0. The Kier molecular flexibility index (Phi) is 2.28. The molecule has 0 saturated carbocycles. The smallest absolute Gasteiger partial charge is 0.208 e. The molecule has 4 unspecified atom stereocenters. The van der Waals surface area contributed by atoms with E-state index in [1.165, 1.54) is 5.46 Å². The van der Waals surface area contributed by atoms with Gasteiger partial charge in [-0.15, -0.1) is 0 Å². The summed E-state index contributed by atoms with van der Waals surface area (Å²) >= 11 is 0. The summed E-state index contributed by atoms with van der Waals surface area (Å²) in [7, 11) is 0. The third-order valence-electron chi connectivity index (χ3n) is 4.96. The minimum absolute atomic E-state index is 0.140. The van der Waals surface area contributed by atoms with Gasteiger partial charge in [0.2, 0.25) is 6.71 Å². The summed E-state index contributed by atoms with van der Waals surface area (Å²) in [6.07, 6.45) is 17.7. The van der Waals surface area contributed by atoms with E-state index in [4.69, 9.17) is 9.47 Å². The lowest BCUT2D eigenvalue weighted by Crippen LogP contribution is -2.55. The summed E-state index contributed by atoms with van der Waals surface area (Å²) in [5.41, 5.74) is 1.25. The fraction of sp³-hybridized carbons (Fsp3) is 0.222. The molecule has 2 aliphatic heterocycles. The molecule has 2 nitrogen and oxygen atoms in total. The summed E-state index contributed by atoms with van der Waals surface area (Å²) in [4.78, 5) is 0. The maximum Gasteiger partial charge on any atom is 0.208 e. The van der Waals surface area contributed by atoms with Crippen molar-refractivity contribution in [1.29, 1.82) is 0 Å². The van der Waals surface area contributed by atoms with E-state index in [-0.39, 0.29) is 12.2 Å². The van der Waals surface area contributed by atoms with Crippen LogP contribution >= 0.6 is 0 Å².